The van der Waals surface area contributed by atoms with E-state index >= 15 is 0 Å². The molecular formula is C22H24N4OS. The van der Waals surface area contributed by atoms with Crippen LogP contribution < -0.4 is 5.32 Å². The fourth-order valence-corrected chi connectivity index (χ4v) is 4.34. The van der Waals surface area contributed by atoms with E-state index in [9.17, 15) is 4.79 Å². The molecule has 144 valence electrons. The van der Waals surface area contributed by atoms with Gasteiger partial charge in [-0.2, -0.15) is 0 Å². The van der Waals surface area contributed by atoms with E-state index in [0.717, 1.165) is 41.5 Å². The Kier molecular flexibility index (Phi) is 6.07. The van der Waals surface area contributed by atoms with Gasteiger partial charge in [-0.25, -0.2) is 0 Å². The monoisotopic (exact) mass is 392 g/mol. The second kappa shape index (κ2) is 9.06. The summed E-state index contributed by atoms with van der Waals surface area (Å²) in [5.74, 6) is 1.37. The summed E-state index contributed by atoms with van der Waals surface area (Å²) < 4.78 is 2.18. The zero-order valence-electron chi connectivity index (χ0n) is 15.8. The van der Waals surface area contributed by atoms with Crippen LogP contribution >= 0.6 is 11.8 Å². The van der Waals surface area contributed by atoms with Gasteiger partial charge in [0.2, 0.25) is 5.91 Å². The lowest BCUT2D eigenvalue weighted by Crippen LogP contribution is -2.30. The summed E-state index contributed by atoms with van der Waals surface area (Å²) >= 11 is 1.47. The van der Waals surface area contributed by atoms with Crippen LogP contribution in [0.5, 0.6) is 0 Å². The third kappa shape index (κ3) is 4.44. The first-order chi connectivity index (χ1) is 13.8. The summed E-state index contributed by atoms with van der Waals surface area (Å²) in [5, 5.41) is 12.7. The molecule has 0 bridgehead atoms. The minimum absolute atomic E-state index is 0.00585. The van der Waals surface area contributed by atoms with Crippen LogP contribution in [-0.2, 0) is 17.8 Å². The Bertz CT molecular complexity index is 871. The van der Waals surface area contributed by atoms with Crippen LogP contribution in [0.1, 0.15) is 42.3 Å². The van der Waals surface area contributed by atoms with Gasteiger partial charge in [0, 0.05) is 13.0 Å². The molecule has 28 heavy (non-hydrogen) atoms. The van der Waals surface area contributed by atoms with Gasteiger partial charge in [0.25, 0.3) is 0 Å². The van der Waals surface area contributed by atoms with Crippen LogP contribution in [0.4, 0.5) is 0 Å². The molecule has 1 amide bonds. The Morgan fingerprint density at radius 2 is 1.64 bits per heavy atom. The van der Waals surface area contributed by atoms with Crippen molar-refractivity contribution in [2.24, 2.45) is 0 Å². The zero-order valence-corrected chi connectivity index (χ0v) is 16.6. The number of carbonyl (C=O) groups excluding carboxylic acids is 1. The molecule has 0 saturated carbocycles. The molecule has 6 heteroatoms. The van der Waals surface area contributed by atoms with E-state index < -0.39 is 0 Å². The summed E-state index contributed by atoms with van der Waals surface area (Å²) in [4.78, 5) is 12.7. The number of amides is 1. The van der Waals surface area contributed by atoms with Crippen molar-refractivity contribution in [1.29, 1.82) is 0 Å². The number of hydrogen-bond donors (Lipinski definition) is 1. The van der Waals surface area contributed by atoms with E-state index in [1.54, 1.807) is 0 Å². The van der Waals surface area contributed by atoms with Crippen molar-refractivity contribution in [3.63, 3.8) is 0 Å². The predicted octanol–water partition coefficient (Wildman–Crippen LogP) is 4.00. The zero-order chi connectivity index (χ0) is 19.2. The lowest BCUT2D eigenvalue weighted by molar-refractivity contribution is -0.119. The first-order valence-corrected chi connectivity index (χ1v) is 10.7. The highest BCUT2D eigenvalue weighted by Gasteiger charge is 2.19. The molecule has 5 nitrogen and oxygen atoms in total. The van der Waals surface area contributed by atoms with Crippen LogP contribution in [-0.4, -0.2) is 26.4 Å². The van der Waals surface area contributed by atoms with E-state index in [4.69, 9.17) is 0 Å². The average Bonchev–Trinajstić information content (AvgIpc) is 2.97. The number of hydrogen-bond acceptors (Lipinski definition) is 4. The third-order valence-electron chi connectivity index (χ3n) is 4.98. The summed E-state index contributed by atoms with van der Waals surface area (Å²) in [5.41, 5.74) is 2.15. The molecule has 2 heterocycles. The maximum atomic E-state index is 12.7. The molecule has 1 aliphatic rings. The van der Waals surface area contributed by atoms with Crippen LogP contribution in [0.15, 0.2) is 65.8 Å². The molecule has 0 fully saturated rings. The van der Waals surface area contributed by atoms with Gasteiger partial charge in [0.15, 0.2) is 5.16 Å². The molecule has 3 aromatic rings. The summed E-state index contributed by atoms with van der Waals surface area (Å²) in [7, 11) is 0. The number of thioether (sulfide) groups is 1. The first-order valence-electron chi connectivity index (χ1n) is 9.75. The largest absolute Gasteiger partial charge is 0.344 e. The normalized spacial score (nSPS) is 13.8. The number of aryl methyl sites for hydroxylation is 1. The summed E-state index contributed by atoms with van der Waals surface area (Å²) in [6, 6.07) is 20.0. The second-order valence-electron chi connectivity index (χ2n) is 6.97. The molecule has 0 aliphatic carbocycles. The topological polar surface area (TPSA) is 59.8 Å². The van der Waals surface area contributed by atoms with Crippen molar-refractivity contribution in [3.05, 3.63) is 77.6 Å². The molecule has 1 aliphatic heterocycles. The quantitative estimate of drug-likeness (QED) is 0.644. The van der Waals surface area contributed by atoms with Gasteiger partial charge >= 0.3 is 0 Å². The van der Waals surface area contributed by atoms with Crippen LogP contribution in [0, 0.1) is 0 Å². The van der Waals surface area contributed by atoms with Gasteiger partial charge in [-0.3, -0.25) is 4.79 Å². The molecule has 1 N–H and O–H groups in total. The van der Waals surface area contributed by atoms with E-state index in [-0.39, 0.29) is 11.9 Å². The number of fused-ring (bicyclic) bond motifs is 1. The molecule has 0 saturated heterocycles. The number of benzene rings is 2. The molecule has 2 aromatic carbocycles. The number of rotatable bonds is 6. The van der Waals surface area contributed by atoms with Crippen molar-refractivity contribution in [3.8, 4) is 0 Å². The highest BCUT2D eigenvalue weighted by Crippen LogP contribution is 2.24. The van der Waals surface area contributed by atoms with E-state index in [1.807, 2.05) is 60.7 Å². The molecule has 1 aromatic heterocycles. The second-order valence-corrected chi connectivity index (χ2v) is 7.91. The molecular weight excluding hydrogens is 368 g/mol. The van der Waals surface area contributed by atoms with Crippen molar-refractivity contribution in [1.82, 2.24) is 20.1 Å². The Hall–Kier alpha value is -2.60. The highest BCUT2D eigenvalue weighted by atomic mass is 32.2. The number of nitrogens with one attached hydrogen (secondary N) is 1. The SMILES string of the molecule is O=C(CSc1nnc2n1CCCCC2)NC(c1ccccc1)c1ccccc1. The van der Waals surface area contributed by atoms with Gasteiger partial charge < -0.3 is 9.88 Å². The average molecular weight is 393 g/mol. The van der Waals surface area contributed by atoms with Crippen LogP contribution in [0.25, 0.3) is 0 Å². The Morgan fingerprint density at radius 3 is 2.32 bits per heavy atom. The van der Waals surface area contributed by atoms with Crippen molar-refractivity contribution >= 4 is 17.7 Å². The molecule has 0 unspecified atom stereocenters. The van der Waals surface area contributed by atoms with E-state index in [0.29, 0.717) is 5.75 Å². The Labute approximate surface area is 169 Å². The van der Waals surface area contributed by atoms with Gasteiger partial charge in [0.05, 0.1) is 11.8 Å². The van der Waals surface area contributed by atoms with Gasteiger partial charge in [-0.15, -0.1) is 10.2 Å². The minimum Gasteiger partial charge on any atom is -0.344 e. The van der Waals surface area contributed by atoms with Crippen molar-refractivity contribution in [2.75, 3.05) is 5.75 Å². The summed E-state index contributed by atoms with van der Waals surface area (Å²) in [6.07, 6.45) is 4.52. The first kappa shape index (κ1) is 18.7. The van der Waals surface area contributed by atoms with Crippen molar-refractivity contribution < 1.29 is 4.79 Å². The number of carbonyl (C=O) groups is 1. The van der Waals surface area contributed by atoms with Gasteiger partial charge in [0.1, 0.15) is 5.82 Å². The Morgan fingerprint density at radius 1 is 0.964 bits per heavy atom. The minimum atomic E-state index is -0.161. The van der Waals surface area contributed by atoms with Crippen LogP contribution in [0.2, 0.25) is 0 Å². The lowest BCUT2D eigenvalue weighted by Gasteiger charge is -2.20. The van der Waals surface area contributed by atoms with Gasteiger partial charge in [-0.05, 0) is 24.0 Å². The van der Waals surface area contributed by atoms with Crippen LogP contribution in [0.3, 0.4) is 0 Å². The standard InChI is InChI=1S/C22H24N4OS/c27-20(16-28-22-25-24-19-14-8-3-9-15-26(19)22)23-21(17-10-4-1-5-11-17)18-12-6-2-7-13-18/h1-2,4-7,10-13,21H,3,8-9,14-16H2,(H,23,27). The number of aromatic nitrogens is 3. The maximum absolute atomic E-state index is 12.7. The molecule has 0 radical (unpaired) electrons. The fourth-order valence-electron chi connectivity index (χ4n) is 3.55. The summed E-state index contributed by atoms with van der Waals surface area (Å²) in [6.45, 7) is 0.947. The third-order valence-corrected chi connectivity index (χ3v) is 5.95. The fraction of sp³-hybridized carbons (Fsp3) is 0.318. The maximum Gasteiger partial charge on any atom is 0.231 e. The number of nitrogens with zero attached hydrogens (tertiary/aromatic N) is 3. The van der Waals surface area contributed by atoms with Crippen molar-refractivity contribution in [2.45, 2.75) is 43.4 Å². The highest BCUT2D eigenvalue weighted by molar-refractivity contribution is 7.99. The smallest absolute Gasteiger partial charge is 0.231 e. The molecule has 4 rings (SSSR count). The van der Waals surface area contributed by atoms with Gasteiger partial charge in [-0.1, -0.05) is 78.8 Å². The van der Waals surface area contributed by atoms with E-state index in [2.05, 4.69) is 20.1 Å². The molecule has 0 spiro atoms. The Balaban J connectivity index is 1.45. The van der Waals surface area contributed by atoms with E-state index in [1.165, 1.54) is 24.6 Å². The lowest BCUT2D eigenvalue weighted by atomic mass is 9.99. The molecule has 0 atom stereocenters. The predicted molar refractivity (Wildman–Crippen MR) is 111 cm³/mol.